The second kappa shape index (κ2) is 9.46. The number of phenolic OH excluding ortho intramolecular Hbond substituents is 1. The van der Waals surface area contributed by atoms with Crippen molar-refractivity contribution in [2.75, 3.05) is 20.7 Å². The molecule has 3 aliphatic carbocycles. The summed E-state index contributed by atoms with van der Waals surface area (Å²) in [6, 6.07) is 1.32. The number of aliphatic hydroxyl groups is 1. The van der Waals surface area contributed by atoms with Gasteiger partial charge < -0.3 is 20.7 Å². The Hall–Kier alpha value is -3.44. The lowest BCUT2D eigenvalue weighted by Gasteiger charge is -2.52. The first kappa shape index (κ1) is 26.6. The maximum absolute atomic E-state index is 13.7. The van der Waals surface area contributed by atoms with E-state index in [1.54, 1.807) is 0 Å². The molecule has 4 rings (SSSR count). The van der Waals surface area contributed by atoms with Crippen molar-refractivity contribution in [2.45, 2.75) is 44.2 Å². The number of rotatable bonds is 6. The van der Waals surface area contributed by atoms with Crippen molar-refractivity contribution in [1.29, 1.82) is 0 Å². The van der Waals surface area contributed by atoms with Crippen molar-refractivity contribution in [3.8, 4) is 5.75 Å². The van der Waals surface area contributed by atoms with Gasteiger partial charge in [0.25, 0.3) is 0 Å². The Bertz CT molecular complexity index is 1220. The number of phenols is 1. The third-order valence-electron chi connectivity index (χ3n) is 7.90. The van der Waals surface area contributed by atoms with Gasteiger partial charge >= 0.3 is 5.97 Å². The molecule has 1 aromatic rings. The molecule has 0 aromatic heterocycles. The Morgan fingerprint density at radius 3 is 2.43 bits per heavy atom. The van der Waals surface area contributed by atoms with E-state index in [1.807, 2.05) is 6.92 Å². The number of ether oxygens (including phenoxy) is 1. The van der Waals surface area contributed by atoms with Crippen molar-refractivity contribution >= 4 is 35.0 Å². The summed E-state index contributed by atoms with van der Waals surface area (Å²) < 4.78 is 5.30. The quantitative estimate of drug-likeness (QED) is 0.262. The van der Waals surface area contributed by atoms with Crippen molar-refractivity contribution in [1.82, 2.24) is 4.90 Å². The number of carbonyl (C=O) groups excluding carboxylic acids is 6. The van der Waals surface area contributed by atoms with Gasteiger partial charge in [0.05, 0.1) is 29.7 Å². The maximum atomic E-state index is 13.7. The van der Waals surface area contributed by atoms with Crippen LogP contribution in [0.15, 0.2) is 12.1 Å². The summed E-state index contributed by atoms with van der Waals surface area (Å²) in [6.07, 6.45) is 1.35. The molecular formula is C26H30N2O9. The standard InChI is InChI=1S/C26H30N2O9/c1-4-5-8-37-25(35)12-6-7-15(29)17-13(12)9-11-10-14-19(28(2)3)21(31)18(24(27)34)23(33)26(14,36)22(32)16(11)20(17)30/h6-7,11,14,16,18-19,29,36H,4-5,8-10H2,1-3H3,(H2,27,34)/t11-,14-,16?,18?,19-,26?/m0/s1. The molecule has 1 aromatic carbocycles. The molecule has 0 bridgehead atoms. The zero-order chi connectivity index (χ0) is 27.4. The Kier molecular flexibility index (Phi) is 6.80. The molecule has 0 saturated heterocycles. The number of nitrogens with two attached hydrogens (primary N) is 1. The van der Waals surface area contributed by atoms with E-state index in [-0.39, 0.29) is 36.1 Å². The number of amides is 1. The van der Waals surface area contributed by atoms with Crippen LogP contribution in [0.4, 0.5) is 0 Å². The molecule has 2 fully saturated rings. The summed E-state index contributed by atoms with van der Waals surface area (Å²) in [6.45, 7) is 2.11. The molecule has 3 aliphatic rings. The highest BCUT2D eigenvalue weighted by Gasteiger charge is 2.69. The molecule has 0 radical (unpaired) electrons. The van der Waals surface area contributed by atoms with Crippen LogP contribution >= 0.6 is 0 Å². The Balaban J connectivity index is 1.81. The first-order valence-corrected chi connectivity index (χ1v) is 12.2. The fourth-order valence-electron chi connectivity index (χ4n) is 6.18. The molecule has 4 N–H and O–H groups in total. The summed E-state index contributed by atoms with van der Waals surface area (Å²) in [5, 5.41) is 22.1. The van der Waals surface area contributed by atoms with Gasteiger partial charge in [-0.25, -0.2) is 4.79 Å². The van der Waals surface area contributed by atoms with Crippen molar-refractivity contribution < 1.29 is 43.7 Å². The summed E-state index contributed by atoms with van der Waals surface area (Å²) in [4.78, 5) is 79.9. The highest BCUT2D eigenvalue weighted by molar-refractivity contribution is 6.32. The molecule has 0 aliphatic heterocycles. The number of likely N-dealkylation sites (N-methyl/N-ethyl adjacent to an activating group) is 1. The Morgan fingerprint density at radius 2 is 1.84 bits per heavy atom. The molecule has 198 valence electrons. The van der Waals surface area contributed by atoms with Gasteiger partial charge in [0.15, 0.2) is 34.7 Å². The normalized spacial score (nSPS) is 31.0. The number of primary amides is 1. The molecule has 1 amide bonds. The van der Waals surface area contributed by atoms with E-state index in [9.17, 15) is 39.0 Å². The fourth-order valence-corrected chi connectivity index (χ4v) is 6.18. The zero-order valence-electron chi connectivity index (χ0n) is 20.9. The average molecular weight is 515 g/mol. The van der Waals surface area contributed by atoms with E-state index in [0.717, 1.165) is 12.5 Å². The van der Waals surface area contributed by atoms with Crippen molar-refractivity contribution in [3.63, 3.8) is 0 Å². The van der Waals surface area contributed by atoms with E-state index >= 15 is 0 Å². The van der Waals surface area contributed by atoms with Crippen LogP contribution < -0.4 is 5.73 Å². The van der Waals surface area contributed by atoms with Crippen LogP contribution in [0.2, 0.25) is 0 Å². The largest absolute Gasteiger partial charge is 0.507 e. The van der Waals surface area contributed by atoms with E-state index in [2.05, 4.69) is 0 Å². The topological polar surface area (TPSA) is 181 Å². The third kappa shape index (κ3) is 3.88. The number of carbonyl (C=O) groups is 6. The first-order chi connectivity index (χ1) is 17.4. The van der Waals surface area contributed by atoms with Crippen LogP contribution in [0.3, 0.4) is 0 Å². The smallest absolute Gasteiger partial charge is 0.338 e. The lowest BCUT2D eigenvalue weighted by molar-refractivity contribution is -0.181. The fraction of sp³-hybridized carbons (Fsp3) is 0.538. The molecule has 11 nitrogen and oxygen atoms in total. The molecule has 2 saturated carbocycles. The molecule has 3 unspecified atom stereocenters. The van der Waals surface area contributed by atoms with Gasteiger partial charge in [-0.15, -0.1) is 0 Å². The van der Waals surface area contributed by atoms with Crippen LogP contribution in [0.5, 0.6) is 5.75 Å². The average Bonchev–Trinajstić information content (AvgIpc) is 2.81. The highest BCUT2D eigenvalue weighted by atomic mass is 16.5. The summed E-state index contributed by atoms with van der Waals surface area (Å²) in [5.41, 5.74) is 2.57. The predicted octanol–water partition coefficient (Wildman–Crippen LogP) is -0.176. The van der Waals surface area contributed by atoms with Crippen molar-refractivity contribution in [3.05, 3.63) is 28.8 Å². The SMILES string of the molecule is CCCCOC(=O)c1ccc(O)c2c1C[C@H]1C[C@H]3[C@H](N(C)C)C(=O)C(C(N)=O)C(=O)C3(O)C(=O)C1C2=O. The zero-order valence-corrected chi connectivity index (χ0v) is 20.9. The number of fused-ring (bicyclic) bond motifs is 3. The van der Waals surface area contributed by atoms with E-state index < -0.39 is 76.1 Å². The van der Waals surface area contributed by atoms with Crippen LogP contribution in [-0.4, -0.2) is 82.5 Å². The van der Waals surface area contributed by atoms with Gasteiger partial charge in [-0.1, -0.05) is 13.3 Å². The van der Waals surface area contributed by atoms with E-state index in [0.29, 0.717) is 6.42 Å². The number of ketones is 4. The van der Waals surface area contributed by atoms with Gasteiger partial charge in [0.1, 0.15) is 5.75 Å². The van der Waals surface area contributed by atoms with Crippen LogP contribution in [-0.2, 0) is 30.3 Å². The number of Topliss-reactive ketones (excluding diaryl/α,β-unsaturated/α-hetero) is 4. The summed E-state index contributed by atoms with van der Waals surface area (Å²) >= 11 is 0. The molecule has 6 atom stereocenters. The number of unbranched alkanes of at least 4 members (excludes halogenated alkanes) is 1. The number of benzene rings is 1. The first-order valence-electron chi connectivity index (χ1n) is 12.2. The van der Waals surface area contributed by atoms with Gasteiger partial charge in [0.2, 0.25) is 5.91 Å². The minimum Gasteiger partial charge on any atom is -0.507 e. The number of nitrogens with zero attached hydrogens (tertiary/aromatic N) is 1. The minimum atomic E-state index is -2.79. The second-order valence-electron chi connectivity index (χ2n) is 10.3. The number of esters is 1. The Labute approximate surface area is 212 Å². The molecular weight excluding hydrogens is 484 g/mol. The molecule has 0 spiro atoms. The maximum Gasteiger partial charge on any atom is 0.338 e. The number of hydrogen-bond acceptors (Lipinski definition) is 10. The number of hydrogen-bond donors (Lipinski definition) is 3. The summed E-state index contributed by atoms with van der Waals surface area (Å²) in [7, 11) is 3.02. The number of aromatic hydroxyl groups is 1. The minimum absolute atomic E-state index is 0.00154. The lowest BCUT2D eigenvalue weighted by Crippen LogP contribution is -2.74. The third-order valence-corrected chi connectivity index (χ3v) is 7.90. The molecule has 37 heavy (non-hydrogen) atoms. The molecule has 0 heterocycles. The van der Waals surface area contributed by atoms with E-state index in [4.69, 9.17) is 10.5 Å². The molecule has 11 heteroatoms. The summed E-state index contributed by atoms with van der Waals surface area (Å²) in [5.74, 6) is -12.1. The highest BCUT2D eigenvalue weighted by Crippen LogP contribution is 2.51. The van der Waals surface area contributed by atoms with Crippen LogP contribution in [0.25, 0.3) is 0 Å². The van der Waals surface area contributed by atoms with E-state index in [1.165, 1.54) is 25.1 Å². The predicted molar refractivity (Wildman–Crippen MR) is 127 cm³/mol. The second-order valence-corrected chi connectivity index (χ2v) is 10.3. The Morgan fingerprint density at radius 1 is 1.16 bits per heavy atom. The van der Waals surface area contributed by atoms with Gasteiger partial charge in [-0.3, -0.25) is 28.9 Å². The van der Waals surface area contributed by atoms with Gasteiger partial charge in [-0.05, 0) is 57.0 Å². The monoisotopic (exact) mass is 514 g/mol. The lowest BCUT2D eigenvalue weighted by atomic mass is 9.52. The van der Waals surface area contributed by atoms with Gasteiger partial charge in [-0.2, -0.15) is 0 Å². The van der Waals surface area contributed by atoms with Gasteiger partial charge in [0, 0.05) is 5.92 Å². The van der Waals surface area contributed by atoms with Crippen LogP contribution in [0.1, 0.15) is 52.5 Å². The van der Waals surface area contributed by atoms with Crippen LogP contribution in [0, 0.1) is 23.7 Å². The van der Waals surface area contributed by atoms with Crippen molar-refractivity contribution in [2.24, 2.45) is 29.4 Å².